The molecule has 0 spiro atoms. The molecule has 78 heavy (non-hydrogen) atoms. The van der Waals surface area contributed by atoms with Crippen molar-refractivity contribution in [1.29, 1.82) is 0 Å². The van der Waals surface area contributed by atoms with Crippen LogP contribution in [-0.4, -0.2) is 11.6 Å². The van der Waals surface area contributed by atoms with Gasteiger partial charge in [0, 0.05) is 78.7 Å². The van der Waals surface area contributed by atoms with Gasteiger partial charge in [0.1, 0.15) is 0 Å². The summed E-state index contributed by atoms with van der Waals surface area (Å²) < 4.78 is 5.64. The minimum atomic E-state index is -0.496. The largest absolute Gasteiger partial charge is 0.293 e. The molecule has 0 saturated heterocycles. The van der Waals surface area contributed by atoms with Crippen molar-refractivity contribution < 1.29 is 9.59 Å². The van der Waals surface area contributed by atoms with E-state index in [1.807, 2.05) is 90.7 Å². The Morgan fingerprint density at radius 3 is 1.05 bits per heavy atom. The van der Waals surface area contributed by atoms with Gasteiger partial charge in [-0.1, -0.05) is 169 Å². The van der Waals surface area contributed by atoms with Crippen LogP contribution in [0.5, 0.6) is 0 Å². The molecule has 0 radical (unpaired) electrons. The zero-order chi connectivity index (χ0) is 54.9. The van der Waals surface area contributed by atoms with Crippen LogP contribution in [0.3, 0.4) is 0 Å². The van der Waals surface area contributed by atoms with Crippen molar-refractivity contribution in [2.24, 2.45) is 0 Å². The first-order chi connectivity index (χ1) is 37.8. The highest BCUT2D eigenvalue weighted by Crippen LogP contribution is 2.61. The molecule has 0 aliphatic heterocycles. The molecule has 8 aromatic rings. The third-order valence-corrected chi connectivity index (χ3v) is 29.2. The van der Waals surface area contributed by atoms with E-state index in [0.29, 0.717) is 11.6 Å². The van der Waals surface area contributed by atoms with Crippen molar-refractivity contribution in [3.8, 4) is 48.8 Å². The Hall–Kier alpha value is -2.54. The van der Waals surface area contributed by atoms with E-state index in [2.05, 4.69) is 93.5 Å². The van der Waals surface area contributed by atoms with E-state index < -0.39 is 10.8 Å². The first-order valence-electron chi connectivity index (χ1n) is 30.5. The lowest BCUT2D eigenvalue weighted by Gasteiger charge is -2.36. The van der Waals surface area contributed by atoms with Crippen LogP contribution < -0.4 is 0 Å². The van der Waals surface area contributed by atoms with Crippen LogP contribution in [0.2, 0.25) is 0 Å². The zero-order valence-electron chi connectivity index (χ0n) is 48.8. The van der Waals surface area contributed by atoms with Crippen LogP contribution >= 0.6 is 90.7 Å². The topological polar surface area (TPSA) is 34.1 Å². The SMILES string of the molecule is CCCCCCCCCCCCC1(CCCCCC)C(=O)c2cc(-c3sc4c(C)c(-c5cc6c(s5)-c5sc(C)cc5C(=O)C6(CCCCCC)CCCCCC)sc4c3C)sc2-c2sc(-c3sc4c(C)c(C)sc4c3C)cc21. The second-order valence-electron chi connectivity index (χ2n) is 23.6. The van der Waals surface area contributed by atoms with Crippen LogP contribution in [0, 0.1) is 41.5 Å². The molecular formula is C68H86O2S8. The Kier molecular flexibility index (Phi) is 19.2. The van der Waals surface area contributed by atoms with Gasteiger partial charge in [0.2, 0.25) is 0 Å². The average Bonchev–Trinajstić information content (AvgIpc) is 4.08. The van der Waals surface area contributed by atoms with Crippen LogP contribution in [0.1, 0.15) is 258 Å². The lowest BCUT2D eigenvalue weighted by Crippen LogP contribution is -2.38. The van der Waals surface area contributed by atoms with Gasteiger partial charge in [-0.05, 0) is 125 Å². The van der Waals surface area contributed by atoms with Crippen LogP contribution in [0.25, 0.3) is 67.6 Å². The molecular weight excluding hydrogens is 1110 g/mol. The first kappa shape index (κ1) is 58.6. The van der Waals surface area contributed by atoms with Crippen molar-refractivity contribution in [3.63, 3.8) is 0 Å². The van der Waals surface area contributed by atoms with E-state index in [1.54, 1.807) is 0 Å². The lowest BCUT2D eigenvalue weighted by molar-refractivity contribution is 0.0848. The minimum Gasteiger partial charge on any atom is -0.293 e. The number of carbonyl (C=O) groups excluding carboxylic acids is 2. The third-order valence-electron chi connectivity index (χ3n) is 18.0. The second-order valence-corrected chi connectivity index (χ2v) is 32.3. The normalized spacial score (nSPS) is 15.8. The maximum absolute atomic E-state index is 16.0. The molecule has 10 heteroatoms. The molecule has 8 aromatic heterocycles. The molecule has 2 aliphatic rings. The summed E-state index contributed by atoms with van der Waals surface area (Å²) in [6.07, 6.45) is 30.9. The number of unbranched alkanes of at least 4 members (excludes halogenated alkanes) is 18. The number of rotatable bonds is 29. The average molecular weight is 1190 g/mol. The van der Waals surface area contributed by atoms with Gasteiger partial charge in [0.25, 0.3) is 0 Å². The zero-order valence-corrected chi connectivity index (χ0v) is 55.3. The van der Waals surface area contributed by atoms with Gasteiger partial charge in [-0.25, -0.2) is 0 Å². The van der Waals surface area contributed by atoms with E-state index in [1.165, 1.54) is 226 Å². The molecule has 0 aromatic carbocycles. The molecule has 0 fully saturated rings. The Bertz CT molecular complexity index is 3380. The Labute approximate surface area is 500 Å². The monoisotopic (exact) mass is 1190 g/mol. The molecule has 0 amide bonds. The van der Waals surface area contributed by atoms with Crippen molar-refractivity contribution in [1.82, 2.24) is 0 Å². The summed E-state index contributed by atoms with van der Waals surface area (Å²) in [5.74, 6) is 0.781. The highest BCUT2D eigenvalue weighted by molar-refractivity contribution is 7.36. The molecule has 8 heterocycles. The molecule has 2 nitrogen and oxygen atoms in total. The number of fused-ring (bicyclic) bond motifs is 8. The first-order valence-corrected chi connectivity index (χ1v) is 37.0. The van der Waals surface area contributed by atoms with E-state index >= 15 is 9.59 Å². The molecule has 2 aliphatic carbocycles. The summed E-state index contributed by atoms with van der Waals surface area (Å²) >= 11 is 15.5. The summed E-state index contributed by atoms with van der Waals surface area (Å²) in [7, 11) is 0. The summed E-state index contributed by atoms with van der Waals surface area (Å²) in [6.45, 7) is 23.0. The predicted octanol–water partition coefficient (Wildman–Crippen LogP) is 25.8. The molecule has 1 unspecified atom stereocenters. The fourth-order valence-corrected chi connectivity index (χ4v) is 24.3. The van der Waals surface area contributed by atoms with E-state index in [-0.39, 0.29) is 0 Å². The summed E-state index contributed by atoms with van der Waals surface area (Å²) in [4.78, 5) is 46.9. The van der Waals surface area contributed by atoms with E-state index in [4.69, 9.17) is 0 Å². The van der Waals surface area contributed by atoms with Gasteiger partial charge < -0.3 is 0 Å². The van der Waals surface area contributed by atoms with Gasteiger partial charge in [0.05, 0.1) is 20.6 Å². The Morgan fingerprint density at radius 2 is 0.641 bits per heavy atom. The lowest BCUT2D eigenvalue weighted by atomic mass is 9.65. The molecule has 0 bridgehead atoms. The van der Waals surface area contributed by atoms with Gasteiger partial charge >= 0.3 is 0 Å². The number of Topliss-reactive ketones (excluding diaryl/α,β-unsaturated/α-hetero) is 2. The summed E-state index contributed by atoms with van der Waals surface area (Å²) in [5.41, 5.74) is 9.22. The number of hydrogen-bond acceptors (Lipinski definition) is 10. The van der Waals surface area contributed by atoms with Crippen LogP contribution in [0.4, 0.5) is 0 Å². The van der Waals surface area contributed by atoms with Crippen molar-refractivity contribution in [2.45, 2.75) is 247 Å². The number of thiophene rings is 8. The third kappa shape index (κ3) is 11.0. The highest BCUT2D eigenvalue weighted by atomic mass is 32.1. The molecule has 418 valence electrons. The molecule has 0 N–H and O–H groups in total. The summed E-state index contributed by atoms with van der Waals surface area (Å²) in [6, 6.07) is 9.59. The maximum Gasteiger partial charge on any atom is 0.174 e. The molecule has 0 saturated carbocycles. The van der Waals surface area contributed by atoms with Crippen molar-refractivity contribution in [2.75, 3.05) is 0 Å². The number of ketones is 2. The standard InChI is InChI=1S/C68H86O2S8/c1-11-15-19-23-24-25-26-27-28-32-36-68(35-31-22-18-14-4)50-40-52(55-43(7)58-57(76-55)42(6)46(10)72-58)75-64(50)62-48(66(68)70)38-51(73-62)54-44(8)59-60(77-54)45(9)56(78-59)53-39-49-63(74-53)61-47(37-41(5)71-61)65(69)67(49,33-29-20-16-12-2)34-30-21-17-13-3/h37-40H,11-36H2,1-10H3. The molecule has 10 rings (SSSR count). The predicted molar refractivity (Wildman–Crippen MR) is 355 cm³/mol. The number of hydrogen-bond donors (Lipinski definition) is 0. The van der Waals surface area contributed by atoms with Crippen LogP contribution in [-0.2, 0) is 10.8 Å². The Morgan fingerprint density at radius 1 is 0.321 bits per heavy atom. The maximum atomic E-state index is 16.0. The summed E-state index contributed by atoms with van der Waals surface area (Å²) in [5, 5.41) is 0. The second kappa shape index (κ2) is 25.5. The quantitative estimate of drug-likeness (QED) is 0.0438. The van der Waals surface area contributed by atoms with Gasteiger partial charge in [-0.15, -0.1) is 90.7 Å². The Balaban J connectivity index is 1.02. The highest BCUT2D eigenvalue weighted by Gasteiger charge is 2.49. The number of carbonyl (C=O) groups is 2. The minimum absolute atomic E-state index is 0.387. The molecule has 1 atom stereocenters. The van der Waals surface area contributed by atoms with Crippen molar-refractivity contribution in [3.05, 3.63) is 78.5 Å². The van der Waals surface area contributed by atoms with Crippen molar-refractivity contribution >= 4 is 121 Å². The van der Waals surface area contributed by atoms with E-state index in [0.717, 1.165) is 62.5 Å². The van der Waals surface area contributed by atoms with Gasteiger partial charge in [0.15, 0.2) is 11.6 Å². The fraction of sp³-hybridized carbons (Fsp3) is 0.559. The fourth-order valence-electron chi connectivity index (χ4n) is 13.3. The van der Waals surface area contributed by atoms with E-state index in [9.17, 15) is 0 Å². The number of aryl methyl sites for hydroxylation is 6. The van der Waals surface area contributed by atoms with Crippen LogP contribution in [0.15, 0.2) is 24.3 Å². The van der Waals surface area contributed by atoms with Gasteiger partial charge in [-0.2, -0.15) is 0 Å². The van der Waals surface area contributed by atoms with Gasteiger partial charge in [-0.3, -0.25) is 9.59 Å². The smallest absolute Gasteiger partial charge is 0.174 e.